The van der Waals surface area contributed by atoms with Crippen molar-refractivity contribution in [2.75, 3.05) is 0 Å². The van der Waals surface area contributed by atoms with Crippen LogP contribution in [0, 0.1) is 0 Å². The average molecular weight is 213 g/mol. The highest BCUT2D eigenvalue weighted by atomic mass is 35.5. The Balaban J connectivity index is 2.60. The second kappa shape index (κ2) is 3.32. The fraction of sp³-hybridized carbons (Fsp3) is 0. The Kier molecular flexibility index (Phi) is 2.16. The van der Waals surface area contributed by atoms with Gasteiger partial charge in [0, 0.05) is 0 Å². The molecule has 0 aliphatic carbocycles. The molecule has 0 aliphatic rings. The summed E-state index contributed by atoms with van der Waals surface area (Å²) in [6, 6.07) is 9.26. The van der Waals surface area contributed by atoms with E-state index in [2.05, 4.69) is 4.37 Å². The van der Waals surface area contributed by atoms with Crippen LogP contribution in [0.4, 0.5) is 0 Å². The lowest BCUT2D eigenvalue weighted by Gasteiger charge is -1.95. The summed E-state index contributed by atoms with van der Waals surface area (Å²) in [6.45, 7) is 0. The molecule has 1 aromatic carbocycles. The lowest BCUT2D eigenvalue weighted by atomic mass is 10.3. The minimum absolute atomic E-state index is 0.0221. The van der Waals surface area contributed by atoms with Gasteiger partial charge in [0.05, 0.1) is 17.4 Å². The monoisotopic (exact) mass is 212 g/mol. The second-order valence-corrected chi connectivity index (χ2v) is 3.47. The quantitative estimate of drug-likeness (QED) is 0.724. The van der Waals surface area contributed by atoms with Gasteiger partial charge in [-0.3, -0.25) is 4.79 Å². The normalized spacial score (nSPS) is 10.2. The van der Waals surface area contributed by atoms with Gasteiger partial charge in [-0.1, -0.05) is 29.8 Å². The Morgan fingerprint density at radius 1 is 1.31 bits per heavy atom. The van der Waals surface area contributed by atoms with E-state index < -0.39 is 0 Å². The zero-order chi connectivity index (χ0) is 9.26. The van der Waals surface area contributed by atoms with E-state index >= 15 is 0 Å². The summed E-state index contributed by atoms with van der Waals surface area (Å²) in [4.78, 5) is 11.3. The van der Waals surface area contributed by atoms with Crippen LogP contribution in [-0.4, -0.2) is 8.33 Å². The van der Waals surface area contributed by atoms with Gasteiger partial charge in [0.15, 0.2) is 0 Å². The van der Waals surface area contributed by atoms with Gasteiger partial charge in [-0.25, -0.2) is 3.96 Å². The van der Waals surface area contributed by atoms with E-state index in [-0.39, 0.29) is 10.7 Å². The minimum Gasteiger partial charge on any atom is -0.264 e. The summed E-state index contributed by atoms with van der Waals surface area (Å²) in [7, 11) is 0. The largest absolute Gasteiger partial charge is 0.304 e. The van der Waals surface area contributed by atoms with Crippen LogP contribution in [0.2, 0.25) is 5.15 Å². The molecule has 0 atom stereocenters. The van der Waals surface area contributed by atoms with Crippen LogP contribution in [0.3, 0.4) is 0 Å². The molecule has 0 bridgehead atoms. The van der Waals surface area contributed by atoms with Crippen molar-refractivity contribution < 1.29 is 0 Å². The first kappa shape index (κ1) is 8.47. The lowest BCUT2D eigenvalue weighted by Crippen LogP contribution is -2.10. The van der Waals surface area contributed by atoms with E-state index in [9.17, 15) is 4.79 Å². The van der Waals surface area contributed by atoms with Gasteiger partial charge in [0.1, 0.15) is 0 Å². The SMILES string of the molecule is O=c1c(Cl)nsn1-c1ccccc1. The Bertz CT molecular complexity index is 462. The van der Waals surface area contributed by atoms with Gasteiger partial charge in [-0.15, -0.1) is 0 Å². The maximum absolute atomic E-state index is 11.3. The summed E-state index contributed by atoms with van der Waals surface area (Å²) < 4.78 is 5.20. The van der Waals surface area contributed by atoms with Crippen molar-refractivity contribution in [3.8, 4) is 5.69 Å². The van der Waals surface area contributed by atoms with Crippen LogP contribution >= 0.6 is 23.3 Å². The molecule has 0 amide bonds. The molecule has 66 valence electrons. The number of aromatic nitrogens is 2. The first-order valence-electron chi connectivity index (χ1n) is 3.59. The number of halogens is 1. The standard InChI is InChI=1S/C8H5ClN2OS/c9-7-8(12)11(13-10-7)6-4-2-1-3-5-6/h1-5H. The third-order valence-electron chi connectivity index (χ3n) is 1.55. The first-order chi connectivity index (χ1) is 6.29. The van der Waals surface area contributed by atoms with Gasteiger partial charge in [-0.2, -0.15) is 4.37 Å². The molecule has 2 rings (SSSR count). The highest BCUT2D eigenvalue weighted by molar-refractivity contribution is 7.00. The number of hydrogen-bond donors (Lipinski definition) is 0. The van der Waals surface area contributed by atoms with Gasteiger partial charge in [0.25, 0.3) is 0 Å². The van der Waals surface area contributed by atoms with Crippen LogP contribution in [0.5, 0.6) is 0 Å². The van der Waals surface area contributed by atoms with E-state index in [4.69, 9.17) is 11.6 Å². The molecule has 3 nitrogen and oxygen atoms in total. The van der Waals surface area contributed by atoms with Crippen molar-refractivity contribution in [3.63, 3.8) is 0 Å². The Labute approximate surface area is 83.5 Å². The van der Waals surface area contributed by atoms with Crippen molar-refractivity contribution in [1.29, 1.82) is 0 Å². The van der Waals surface area contributed by atoms with E-state index in [1.165, 1.54) is 3.96 Å². The molecule has 13 heavy (non-hydrogen) atoms. The minimum atomic E-state index is -0.266. The van der Waals surface area contributed by atoms with Crippen molar-refractivity contribution in [1.82, 2.24) is 8.33 Å². The molecule has 0 spiro atoms. The molecule has 1 heterocycles. The fourth-order valence-electron chi connectivity index (χ4n) is 0.964. The third-order valence-corrected chi connectivity index (χ3v) is 2.70. The maximum Gasteiger partial charge on any atom is 0.304 e. The van der Waals surface area contributed by atoms with Crippen LogP contribution in [-0.2, 0) is 0 Å². The molecular formula is C8H5ClN2OS. The van der Waals surface area contributed by atoms with E-state index in [1.54, 1.807) is 0 Å². The maximum atomic E-state index is 11.3. The van der Waals surface area contributed by atoms with Crippen molar-refractivity contribution >= 4 is 23.3 Å². The Morgan fingerprint density at radius 2 is 2.00 bits per heavy atom. The van der Waals surface area contributed by atoms with Gasteiger partial charge in [0.2, 0.25) is 5.15 Å². The molecule has 0 saturated heterocycles. The number of hydrogen-bond acceptors (Lipinski definition) is 3. The molecular weight excluding hydrogens is 208 g/mol. The molecule has 1 aromatic heterocycles. The summed E-state index contributed by atoms with van der Waals surface area (Å²) in [5, 5.41) is 0.0221. The number of benzene rings is 1. The zero-order valence-electron chi connectivity index (χ0n) is 6.48. The molecule has 0 saturated carbocycles. The van der Waals surface area contributed by atoms with Crippen molar-refractivity contribution in [2.45, 2.75) is 0 Å². The Morgan fingerprint density at radius 3 is 2.54 bits per heavy atom. The first-order valence-corrected chi connectivity index (χ1v) is 4.70. The zero-order valence-corrected chi connectivity index (χ0v) is 8.05. The molecule has 0 unspecified atom stereocenters. The van der Waals surface area contributed by atoms with Crippen LogP contribution in [0.1, 0.15) is 0 Å². The predicted molar refractivity (Wildman–Crippen MR) is 52.7 cm³/mol. The summed E-state index contributed by atoms with van der Waals surface area (Å²) in [5.41, 5.74) is 0.523. The highest BCUT2D eigenvalue weighted by Gasteiger charge is 2.06. The summed E-state index contributed by atoms with van der Waals surface area (Å²) in [5.74, 6) is 0. The number of rotatable bonds is 1. The van der Waals surface area contributed by atoms with Gasteiger partial charge < -0.3 is 0 Å². The van der Waals surface area contributed by atoms with Crippen LogP contribution in [0.25, 0.3) is 5.69 Å². The molecule has 5 heteroatoms. The van der Waals surface area contributed by atoms with Crippen molar-refractivity contribution in [3.05, 3.63) is 45.8 Å². The molecule has 0 N–H and O–H groups in total. The Hall–Kier alpha value is -1.13. The summed E-state index contributed by atoms with van der Waals surface area (Å²) >= 11 is 6.60. The summed E-state index contributed by atoms with van der Waals surface area (Å²) in [6.07, 6.45) is 0. The molecule has 0 fully saturated rings. The van der Waals surface area contributed by atoms with E-state index in [0.29, 0.717) is 0 Å². The number of nitrogens with zero attached hydrogens (tertiary/aromatic N) is 2. The van der Waals surface area contributed by atoms with Gasteiger partial charge in [-0.05, 0) is 12.1 Å². The van der Waals surface area contributed by atoms with Gasteiger partial charge >= 0.3 is 5.56 Å². The second-order valence-electron chi connectivity index (χ2n) is 2.40. The predicted octanol–water partition coefficient (Wildman–Crippen LogP) is 1.95. The lowest BCUT2D eigenvalue weighted by molar-refractivity contribution is 1.13. The third kappa shape index (κ3) is 1.50. The highest BCUT2D eigenvalue weighted by Crippen LogP contribution is 2.09. The van der Waals surface area contributed by atoms with E-state index in [1.807, 2.05) is 30.3 Å². The van der Waals surface area contributed by atoms with Crippen LogP contribution in [0.15, 0.2) is 35.1 Å². The molecule has 2 aromatic rings. The smallest absolute Gasteiger partial charge is 0.264 e. The van der Waals surface area contributed by atoms with Crippen molar-refractivity contribution in [2.24, 2.45) is 0 Å². The van der Waals surface area contributed by atoms with Crippen LogP contribution < -0.4 is 5.56 Å². The topological polar surface area (TPSA) is 34.9 Å². The van der Waals surface area contributed by atoms with E-state index in [0.717, 1.165) is 17.4 Å². The molecule has 0 radical (unpaired) electrons. The number of para-hydroxylation sites is 1. The fourth-order valence-corrected chi connectivity index (χ4v) is 1.80. The molecule has 0 aliphatic heterocycles. The average Bonchev–Trinajstić information content (AvgIpc) is 2.49.